The molecule has 0 aromatic carbocycles. The summed E-state index contributed by atoms with van der Waals surface area (Å²) in [6, 6.07) is 0.710. The molecule has 1 atom stereocenters. The molecule has 2 nitrogen and oxygen atoms in total. The van der Waals surface area contributed by atoms with Crippen LogP contribution in [0.3, 0.4) is 0 Å². The predicted octanol–water partition coefficient (Wildman–Crippen LogP) is 1.41. The van der Waals surface area contributed by atoms with E-state index in [1.165, 1.54) is 25.8 Å². The minimum atomic E-state index is 0.177. The van der Waals surface area contributed by atoms with Crippen molar-refractivity contribution in [3.8, 4) is 0 Å². The fraction of sp³-hybridized carbons (Fsp3) is 0.800. The van der Waals surface area contributed by atoms with Gasteiger partial charge in [0.2, 0.25) is 0 Å². The highest BCUT2D eigenvalue weighted by atomic mass is 16.2. The van der Waals surface area contributed by atoms with E-state index < -0.39 is 0 Å². The van der Waals surface area contributed by atoms with Gasteiger partial charge in [-0.25, -0.2) is 0 Å². The zero-order valence-corrected chi connectivity index (χ0v) is 7.87. The molecule has 1 saturated heterocycles. The topological polar surface area (TPSA) is 23.5 Å². The van der Waals surface area contributed by atoms with E-state index in [1.54, 1.807) is 0 Å². The molecule has 0 saturated carbocycles. The summed E-state index contributed by atoms with van der Waals surface area (Å²) < 4.78 is 0. The quantitative estimate of drug-likeness (QED) is 0.646. The van der Waals surface area contributed by atoms with Crippen LogP contribution in [0.4, 0.5) is 0 Å². The van der Waals surface area contributed by atoms with E-state index in [2.05, 4.69) is 18.0 Å². The van der Waals surface area contributed by atoms with Gasteiger partial charge in [0.15, 0.2) is 0 Å². The van der Waals surface area contributed by atoms with Gasteiger partial charge in [0, 0.05) is 6.04 Å². The third-order valence-electron chi connectivity index (χ3n) is 2.60. The van der Waals surface area contributed by atoms with Crippen molar-refractivity contribution in [3.05, 3.63) is 12.2 Å². The molecule has 12 heavy (non-hydrogen) atoms. The molecule has 0 amide bonds. The standard InChI is InChI=1S/C10H19NO/c1-11-8-4-2-6-10(11)7-3-5-9-12/h3,5,10,12H,2,4,6-9H2,1H3/b5-3-. The normalized spacial score (nSPS) is 26.7. The Balaban J connectivity index is 2.24. The van der Waals surface area contributed by atoms with Gasteiger partial charge in [0.05, 0.1) is 6.61 Å². The summed E-state index contributed by atoms with van der Waals surface area (Å²) in [5.74, 6) is 0. The van der Waals surface area contributed by atoms with Crippen LogP contribution in [0.2, 0.25) is 0 Å². The lowest BCUT2D eigenvalue weighted by molar-refractivity contribution is 0.187. The number of nitrogens with zero attached hydrogens (tertiary/aromatic N) is 1. The van der Waals surface area contributed by atoms with Crippen LogP contribution in [0.15, 0.2) is 12.2 Å². The second kappa shape index (κ2) is 5.33. The van der Waals surface area contributed by atoms with Gasteiger partial charge in [-0.15, -0.1) is 0 Å². The lowest BCUT2D eigenvalue weighted by Crippen LogP contribution is -2.35. The number of likely N-dealkylation sites (tertiary alicyclic amines) is 1. The van der Waals surface area contributed by atoms with Crippen LogP contribution < -0.4 is 0 Å². The first-order chi connectivity index (χ1) is 5.84. The van der Waals surface area contributed by atoms with Gasteiger partial charge in [-0.3, -0.25) is 0 Å². The highest BCUT2D eigenvalue weighted by molar-refractivity contribution is 4.87. The Hall–Kier alpha value is -0.340. The molecule has 1 fully saturated rings. The molecule has 0 radical (unpaired) electrons. The van der Waals surface area contributed by atoms with Gasteiger partial charge in [0.1, 0.15) is 0 Å². The first-order valence-corrected chi connectivity index (χ1v) is 4.80. The molecule has 0 aromatic heterocycles. The minimum Gasteiger partial charge on any atom is -0.392 e. The Bertz CT molecular complexity index is 145. The molecule has 1 heterocycles. The smallest absolute Gasteiger partial charge is 0.0612 e. The molecule has 1 rings (SSSR count). The van der Waals surface area contributed by atoms with Crippen LogP contribution in [0.5, 0.6) is 0 Å². The Morgan fingerprint density at radius 3 is 2.92 bits per heavy atom. The van der Waals surface area contributed by atoms with E-state index in [-0.39, 0.29) is 6.61 Å². The maximum Gasteiger partial charge on any atom is 0.0612 e. The molecular weight excluding hydrogens is 150 g/mol. The van der Waals surface area contributed by atoms with Gasteiger partial charge in [0.25, 0.3) is 0 Å². The molecule has 1 aliphatic rings. The first-order valence-electron chi connectivity index (χ1n) is 4.80. The van der Waals surface area contributed by atoms with Gasteiger partial charge in [-0.1, -0.05) is 18.6 Å². The van der Waals surface area contributed by atoms with Crippen LogP contribution in [-0.4, -0.2) is 36.2 Å². The number of hydrogen-bond acceptors (Lipinski definition) is 2. The second-order valence-electron chi connectivity index (χ2n) is 3.52. The monoisotopic (exact) mass is 169 g/mol. The summed E-state index contributed by atoms with van der Waals surface area (Å²) in [5, 5.41) is 8.56. The molecule has 1 unspecified atom stereocenters. The third-order valence-corrected chi connectivity index (χ3v) is 2.60. The van der Waals surface area contributed by atoms with E-state index in [1.807, 2.05) is 6.08 Å². The number of hydrogen-bond donors (Lipinski definition) is 1. The number of aliphatic hydroxyl groups excluding tert-OH is 1. The van der Waals surface area contributed by atoms with E-state index in [4.69, 9.17) is 5.11 Å². The fourth-order valence-corrected chi connectivity index (χ4v) is 1.77. The van der Waals surface area contributed by atoms with Crippen LogP contribution in [-0.2, 0) is 0 Å². The maximum absolute atomic E-state index is 8.56. The van der Waals surface area contributed by atoms with E-state index in [0.717, 1.165) is 6.42 Å². The van der Waals surface area contributed by atoms with Gasteiger partial charge in [-0.05, 0) is 32.9 Å². The highest BCUT2D eigenvalue weighted by Crippen LogP contribution is 2.17. The minimum absolute atomic E-state index is 0.177. The summed E-state index contributed by atoms with van der Waals surface area (Å²) in [7, 11) is 2.19. The lowest BCUT2D eigenvalue weighted by atomic mass is 10.00. The molecule has 0 bridgehead atoms. The SMILES string of the molecule is CN1CCCCC1C/C=C\CO. The van der Waals surface area contributed by atoms with E-state index >= 15 is 0 Å². The van der Waals surface area contributed by atoms with Crippen molar-refractivity contribution >= 4 is 0 Å². The lowest BCUT2D eigenvalue weighted by Gasteiger charge is -2.31. The van der Waals surface area contributed by atoms with Gasteiger partial charge >= 0.3 is 0 Å². The molecule has 1 aliphatic heterocycles. The van der Waals surface area contributed by atoms with Gasteiger partial charge < -0.3 is 10.0 Å². The first kappa shape index (κ1) is 9.75. The highest BCUT2D eigenvalue weighted by Gasteiger charge is 2.16. The molecule has 70 valence electrons. The molecule has 2 heteroatoms. The van der Waals surface area contributed by atoms with Crippen LogP contribution in [0.1, 0.15) is 25.7 Å². The van der Waals surface area contributed by atoms with Crippen molar-refractivity contribution in [1.29, 1.82) is 0 Å². The average Bonchev–Trinajstić information content (AvgIpc) is 2.09. The number of piperidine rings is 1. The van der Waals surface area contributed by atoms with E-state index in [9.17, 15) is 0 Å². The van der Waals surface area contributed by atoms with Crippen molar-refractivity contribution in [2.24, 2.45) is 0 Å². The van der Waals surface area contributed by atoms with Crippen molar-refractivity contribution in [2.75, 3.05) is 20.2 Å². The summed E-state index contributed by atoms with van der Waals surface area (Å²) in [4.78, 5) is 2.42. The maximum atomic E-state index is 8.56. The molecular formula is C10H19NO. The second-order valence-corrected chi connectivity index (χ2v) is 3.52. The average molecular weight is 169 g/mol. The summed E-state index contributed by atoms with van der Waals surface area (Å²) >= 11 is 0. The zero-order valence-electron chi connectivity index (χ0n) is 7.87. The number of rotatable bonds is 3. The molecule has 0 aromatic rings. The van der Waals surface area contributed by atoms with Crippen molar-refractivity contribution in [1.82, 2.24) is 4.90 Å². The third kappa shape index (κ3) is 2.95. The Morgan fingerprint density at radius 2 is 2.25 bits per heavy atom. The Morgan fingerprint density at radius 1 is 1.42 bits per heavy atom. The van der Waals surface area contributed by atoms with E-state index in [0.29, 0.717) is 6.04 Å². The number of aliphatic hydroxyl groups is 1. The van der Waals surface area contributed by atoms with Crippen molar-refractivity contribution in [3.63, 3.8) is 0 Å². The predicted molar refractivity (Wildman–Crippen MR) is 51.1 cm³/mol. The largest absolute Gasteiger partial charge is 0.392 e. The Kier molecular flexibility index (Phi) is 4.33. The van der Waals surface area contributed by atoms with Crippen molar-refractivity contribution in [2.45, 2.75) is 31.7 Å². The summed E-state index contributed by atoms with van der Waals surface area (Å²) in [6.07, 6.45) is 9.04. The fourth-order valence-electron chi connectivity index (χ4n) is 1.77. The van der Waals surface area contributed by atoms with Crippen molar-refractivity contribution < 1.29 is 5.11 Å². The van der Waals surface area contributed by atoms with Gasteiger partial charge in [-0.2, -0.15) is 0 Å². The zero-order chi connectivity index (χ0) is 8.81. The molecule has 0 aliphatic carbocycles. The summed E-state index contributed by atoms with van der Waals surface area (Å²) in [6.45, 7) is 1.41. The summed E-state index contributed by atoms with van der Waals surface area (Å²) in [5.41, 5.74) is 0. The molecule has 1 N–H and O–H groups in total. The molecule has 0 spiro atoms. The van der Waals surface area contributed by atoms with Crippen LogP contribution in [0, 0.1) is 0 Å². The Labute approximate surface area is 74.9 Å². The van der Waals surface area contributed by atoms with Crippen LogP contribution in [0.25, 0.3) is 0 Å². The van der Waals surface area contributed by atoms with Crippen LogP contribution >= 0.6 is 0 Å².